The fourth-order valence-corrected chi connectivity index (χ4v) is 3.91. The summed E-state index contributed by atoms with van der Waals surface area (Å²) in [5.41, 5.74) is 3.54. The molecule has 0 spiro atoms. The molecule has 3 nitrogen and oxygen atoms in total. The highest BCUT2D eigenvalue weighted by atomic mass is 35.5. The molecule has 0 fully saturated rings. The van der Waals surface area contributed by atoms with Gasteiger partial charge < -0.3 is 9.80 Å². The molecule has 0 aliphatic heterocycles. The molecule has 0 radical (unpaired) electrons. The summed E-state index contributed by atoms with van der Waals surface area (Å²) < 4.78 is 0. The topological polar surface area (TPSA) is 23.6 Å². The third-order valence-electron chi connectivity index (χ3n) is 4.58. The van der Waals surface area contributed by atoms with Crippen LogP contribution in [0.2, 0.25) is 0 Å². The summed E-state index contributed by atoms with van der Waals surface area (Å²) in [5.74, 6) is 1.98. The van der Waals surface area contributed by atoms with Crippen LogP contribution in [0.4, 0.5) is 11.4 Å². The smallest absolute Gasteiger partial charge is 0.185 e. The van der Waals surface area contributed by atoms with Gasteiger partial charge in [0.2, 0.25) is 0 Å². The second-order valence-electron chi connectivity index (χ2n) is 6.57. The third kappa shape index (κ3) is 7.70. The van der Waals surface area contributed by atoms with Crippen LogP contribution >= 0.6 is 46.4 Å². The van der Waals surface area contributed by atoms with Crippen molar-refractivity contribution in [2.45, 2.75) is 0 Å². The van der Waals surface area contributed by atoms with E-state index in [0.717, 1.165) is 16.9 Å². The number of carbonyl (C=O) groups excluding carboxylic acids is 1. The van der Waals surface area contributed by atoms with Gasteiger partial charge in [0.15, 0.2) is 5.78 Å². The lowest BCUT2D eigenvalue weighted by Gasteiger charge is -2.23. The Balaban J connectivity index is 2.16. The van der Waals surface area contributed by atoms with Crippen molar-refractivity contribution in [3.63, 3.8) is 0 Å². The predicted molar refractivity (Wildman–Crippen MR) is 134 cm³/mol. The molecular formula is C23H26Cl4N2O. The number of ketones is 1. The van der Waals surface area contributed by atoms with Crippen LogP contribution in [0.25, 0.3) is 6.08 Å². The van der Waals surface area contributed by atoms with E-state index >= 15 is 0 Å². The van der Waals surface area contributed by atoms with Crippen LogP contribution in [0, 0.1) is 0 Å². The highest BCUT2D eigenvalue weighted by Gasteiger charge is 2.09. The first-order chi connectivity index (χ1) is 14.6. The molecule has 30 heavy (non-hydrogen) atoms. The van der Waals surface area contributed by atoms with Crippen molar-refractivity contribution < 1.29 is 4.79 Å². The molecular weight excluding hydrogens is 462 g/mol. The minimum atomic E-state index is -0.0580. The van der Waals surface area contributed by atoms with E-state index in [1.165, 1.54) is 0 Å². The first-order valence-electron chi connectivity index (χ1n) is 9.79. The highest BCUT2D eigenvalue weighted by Crippen LogP contribution is 2.20. The summed E-state index contributed by atoms with van der Waals surface area (Å²) in [5, 5.41) is 0. The average molecular weight is 488 g/mol. The van der Waals surface area contributed by atoms with Gasteiger partial charge in [0.1, 0.15) is 0 Å². The molecule has 2 aromatic carbocycles. The van der Waals surface area contributed by atoms with E-state index in [2.05, 4.69) is 9.80 Å². The maximum atomic E-state index is 12.7. The van der Waals surface area contributed by atoms with Crippen molar-refractivity contribution >= 4 is 69.6 Å². The summed E-state index contributed by atoms with van der Waals surface area (Å²) in [7, 11) is 0. The minimum absolute atomic E-state index is 0.0580. The molecule has 0 N–H and O–H groups in total. The number of anilines is 2. The number of alkyl halides is 4. The molecule has 0 saturated carbocycles. The summed E-state index contributed by atoms with van der Waals surface area (Å²) in [6.45, 7) is 2.79. The van der Waals surface area contributed by atoms with Crippen LogP contribution in [0.15, 0.2) is 54.6 Å². The highest BCUT2D eigenvalue weighted by molar-refractivity contribution is 6.19. The number of nitrogens with zero attached hydrogens (tertiary/aromatic N) is 2. The number of hydrogen-bond acceptors (Lipinski definition) is 3. The van der Waals surface area contributed by atoms with Crippen LogP contribution in [0.1, 0.15) is 15.9 Å². The summed E-state index contributed by atoms with van der Waals surface area (Å²) in [6.07, 6.45) is 3.42. The van der Waals surface area contributed by atoms with Crippen molar-refractivity contribution in [1.82, 2.24) is 0 Å². The van der Waals surface area contributed by atoms with Gasteiger partial charge in [-0.2, -0.15) is 0 Å². The Bertz CT molecular complexity index is 816. The van der Waals surface area contributed by atoms with Crippen LogP contribution in [-0.2, 0) is 0 Å². The molecule has 0 saturated heterocycles. The molecule has 0 unspecified atom stereocenters. The quantitative estimate of drug-likeness (QED) is 0.192. The van der Waals surface area contributed by atoms with E-state index in [1.807, 2.05) is 54.6 Å². The van der Waals surface area contributed by atoms with Crippen molar-refractivity contribution in [2.24, 2.45) is 0 Å². The van der Waals surface area contributed by atoms with Crippen LogP contribution in [0.5, 0.6) is 0 Å². The number of carbonyl (C=O) groups is 1. The van der Waals surface area contributed by atoms with E-state index in [-0.39, 0.29) is 5.78 Å². The first-order valence-corrected chi connectivity index (χ1v) is 11.9. The second kappa shape index (κ2) is 13.8. The van der Waals surface area contributed by atoms with E-state index in [9.17, 15) is 4.79 Å². The molecule has 0 aromatic heterocycles. The fourth-order valence-electron chi connectivity index (χ4n) is 3.10. The largest absolute Gasteiger partial charge is 0.369 e. The number of allylic oxidation sites excluding steroid dienone is 1. The Morgan fingerprint density at radius 1 is 0.733 bits per heavy atom. The molecule has 2 rings (SSSR count). The van der Waals surface area contributed by atoms with Crippen molar-refractivity contribution in [1.29, 1.82) is 0 Å². The van der Waals surface area contributed by atoms with Crippen molar-refractivity contribution in [3.8, 4) is 0 Å². The van der Waals surface area contributed by atoms with Gasteiger partial charge in [-0.1, -0.05) is 30.3 Å². The zero-order valence-electron chi connectivity index (χ0n) is 16.7. The van der Waals surface area contributed by atoms with Crippen LogP contribution in [-0.4, -0.2) is 55.5 Å². The number of hydrogen-bond donors (Lipinski definition) is 0. The fraction of sp³-hybridized carbons (Fsp3) is 0.348. The maximum Gasteiger partial charge on any atom is 0.185 e. The Morgan fingerprint density at radius 2 is 1.23 bits per heavy atom. The van der Waals surface area contributed by atoms with Crippen LogP contribution in [0.3, 0.4) is 0 Å². The monoisotopic (exact) mass is 486 g/mol. The normalized spacial score (nSPS) is 11.1. The minimum Gasteiger partial charge on any atom is -0.369 e. The van der Waals surface area contributed by atoms with Gasteiger partial charge >= 0.3 is 0 Å². The summed E-state index contributed by atoms with van der Waals surface area (Å²) in [4.78, 5) is 16.9. The SMILES string of the molecule is O=C(/C=C/c1cccc(N(CCCl)CCCl)c1)c1cccc(N(CCCl)CCCl)c1. The molecule has 0 bridgehead atoms. The zero-order valence-corrected chi connectivity index (χ0v) is 19.8. The molecule has 2 aromatic rings. The summed E-state index contributed by atoms with van der Waals surface area (Å²) >= 11 is 23.6. The molecule has 0 aliphatic carbocycles. The molecule has 0 heterocycles. The van der Waals surface area contributed by atoms with Crippen molar-refractivity contribution in [3.05, 3.63) is 65.7 Å². The first kappa shape index (κ1) is 24.9. The molecule has 0 amide bonds. The van der Waals surface area contributed by atoms with Gasteiger partial charge in [-0.3, -0.25) is 4.79 Å². The Kier molecular flexibility index (Phi) is 11.5. The zero-order chi connectivity index (χ0) is 21.8. The van der Waals surface area contributed by atoms with Gasteiger partial charge in [0.05, 0.1) is 0 Å². The molecule has 0 atom stereocenters. The summed E-state index contributed by atoms with van der Waals surface area (Å²) in [6, 6.07) is 15.5. The lowest BCUT2D eigenvalue weighted by molar-refractivity contribution is 0.104. The lowest BCUT2D eigenvalue weighted by Crippen LogP contribution is -2.27. The molecule has 0 aliphatic rings. The van der Waals surface area contributed by atoms with Gasteiger partial charge in [-0.15, -0.1) is 46.4 Å². The van der Waals surface area contributed by atoms with E-state index in [0.29, 0.717) is 55.3 Å². The Labute approximate surface area is 199 Å². The van der Waals surface area contributed by atoms with Gasteiger partial charge in [-0.05, 0) is 35.9 Å². The molecule has 7 heteroatoms. The predicted octanol–water partition coefficient (Wildman–Crippen LogP) is 6.15. The van der Waals surface area contributed by atoms with Crippen molar-refractivity contribution in [2.75, 3.05) is 59.5 Å². The van der Waals surface area contributed by atoms with E-state index in [1.54, 1.807) is 6.08 Å². The number of rotatable bonds is 13. The maximum absolute atomic E-state index is 12.7. The van der Waals surface area contributed by atoms with Gasteiger partial charge in [0.25, 0.3) is 0 Å². The second-order valence-corrected chi connectivity index (χ2v) is 8.08. The van der Waals surface area contributed by atoms with Crippen LogP contribution < -0.4 is 9.80 Å². The lowest BCUT2D eigenvalue weighted by atomic mass is 10.1. The van der Waals surface area contributed by atoms with Gasteiger partial charge in [-0.25, -0.2) is 0 Å². The Hall–Kier alpha value is -1.39. The van der Waals surface area contributed by atoms with Gasteiger partial charge in [0, 0.05) is 66.6 Å². The van der Waals surface area contributed by atoms with E-state index in [4.69, 9.17) is 46.4 Å². The average Bonchev–Trinajstić information content (AvgIpc) is 2.77. The van der Waals surface area contributed by atoms with E-state index < -0.39 is 0 Å². The Morgan fingerprint density at radius 3 is 1.77 bits per heavy atom. The standard InChI is InChI=1S/C23H26Cl4N2O/c24-9-13-28(14-10-25)21-5-1-3-19(17-21)7-8-23(30)20-4-2-6-22(18-20)29(15-11-26)16-12-27/h1-8,17-18H,9-16H2/b8-7+. The molecule has 162 valence electrons. The number of halogens is 4. The number of benzene rings is 2. The third-order valence-corrected chi connectivity index (χ3v) is 5.25.